The summed E-state index contributed by atoms with van der Waals surface area (Å²) in [7, 11) is -3.89. The zero-order valence-electron chi connectivity index (χ0n) is 17.0. The quantitative estimate of drug-likeness (QED) is 0.338. The van der Waals surface area contributed by atoms with Gasteiger partial charge in [0, 0.05) is 17.4 Å². The molecule has 1 aromatic heterocycles. The summed E-state index contributed by atoms with van der Waals surface area (Å²) < 4.78 is 39.1. The monoisotopic (exact) mass is 466 g/mol. The Kier molecular flexibility index (Phi) is 5.02. The van der Waals surface area contributed by atoms with E-state index in [4.69, 9.17) is 14.6 Å². The molecule has 4 aromatic rings. The lowest BCUT2D eigenvalue weighted by Crippen LogP contribution is -2.15. The summed E-state index contributed by atoms with van der Waals surface area (Å²) in [6.07, 6.45) is 0. The van der Waals surface area contributed by atoms with E-state index in [-0.39, 0.29) is 16.1 Å². The number of aromatic nitrogens is 2. The number of fused-ring (bicyclic) bond motifs is 2. The summed E-state index contributed by atoms with van der Waals surface area (Å²) in [6, 6.07) is 15.4. The van der Waals surface area contributed by atoms with Crippen LogP contribution in [0.4, 0.5) is 17.3 Å². The molecule has 3 aromatic carbocycles. The van der Waals surface area contributed by atoms with Gasteiger partial charge in [0.25, 0.3) is 10.0 Å². The van der Waals surface area contributed by atoms with Crippen molar-refractivity contribution in [3.63, 3.8) is 0 Å². The maximum Gasteiger partial charge on any atom is 0.335 e. The van der Waals surface area contributed by atoms with Gasteiger partial charge in [0.15, 0.2) is 11.5 Å². The highest BCUT2D eigenvalue weighted by molar-refractivity contribution is 7.92. The molecule has 0 fully saturated rings. The number of nitrogens with one attached hydrogen (secondary N) is 3. The number of nitrogens with zero attached hydrogens (tertiary/aromatic N) is 1. The highest BCUT2D eigenvalue weighted by Gasteiger charge is 2.17. The second kappa shape index (κ2) is 8.02. The minimum Gasteiger partial charge on any atom is -0.486 e. The Balaban J connectivity index is 1.36. The van der Waals surface area contributed by atoms with E-state index in [0.29, 0.717) is 41.7 Å². The van der Waals surface area contributed by atoms with Crippen molar-refractivity contribution in [2.45, 2.75) is 4.90 Å². The third kappa shape index (κ3) is 4.26. The standard InChI is InChI=1S/C22H18N4O6S/c27-21(28)13-1-3-14(4-2-13)26-33(29,30)16-6-7-17-18(12-16)25-22(24-17)23-15-5-8-19-20(11-15)32-10-9-31-19/h1-8,11-12,26H,9-10H2,(H,27,28)(H2,23,24,25). The Hall–Kier alpha value is -4.25. The first-order valence-electron chi connectivity index (χ1n) is 9.90. The molecule has 11 heteroatoms. The van der Waals surface area contributed by atoms with Crippen LogP contribution in [0.3, 0.4) is 0 Å². The normalized spacial score (nSPS) is 13.0. The zero-order valence-corrected chi connectivity index (χ0v) is 17.8. The minimum atomic E-state index is -3.89. The van der Waals surface area contributed by atoms with Gasteiger partial charge in [-0.15, -0.1) is 0 Å². The maximum atomic E-state index is 12.8. The number of carbonyl (C=O) groups is 1. The number of H-pyrrole nitrogens is 1. The number of sulfonamides is 1. The van der Waals surface area contributed by atoms with Crippen molar-refractivity contribution in [1.29, 1.82) is 0 Å². The topological polar surface area (TPSA) is 143 Å². The minimum absolute atomic E-state index is 0.0341. The fraction of sp³-hybridized carbons (Fsp3) is 0.0909. The molecular formula is C22H18N4O6S. The lowest BCUT2D eigenvalue weighted by Gasteiger charge is -2.18. The average Bonchev–Trinajstić information content (AvgIpc) is 3.20. The SMILES string of the molecule is O=C(O)c1ccc(NS(=O)(=O)c2ccc3nc(Nc4ccc5c(c4)OCCO5)[nH]c3c2)cc1. The van der Waals surface area contributed by atoms with E-state index in [9.17, 15) is 13.2 Å². The average molecular weight is 466 g/mol. The van der Waals surface area contributed by atoms with E-state index >= 15 is 0 Å². The number of imidazole rings is 1. The first kappa shape index (κ1) is 20.6. The highest BCUT2D eigenvalue weighted by Crippen LogP contribution is 2.33. The molecule has 0 atom stereocenters. The molecule has 0 aliphatic carbocycles. The van der Waals surface area contributed by atoms with Gasteiger partial charge in [-0.25, -0.2) is 18.2 Å². The summed E-state index contributed by atoms with van der Waals surface area (Å²) in [5, 5.41) is 12.1. The molecule has 0 saturated carbocycles. The Bertz CT molecular complexity index is 1460. The molecule has 0 radical (unpaired) electrons. The second-order valence-electron chi connectivity index (χ2n) is 7.24. The van der Waals surface area contributed by atoms with Crippen molar-refractivity contribution in [2.75, 3.05) is 23.3 Å². The number of hydrogen-bond acceptors (Lipinski definition) is 7. The lowest BCUT2D eigenvalue weighted by molar-refractivity contribution is 0.0697. The van der Waals surface area contributed by atoms with Crippen LogP contribution in [-0.4, -0.2) is 42.7 Å². The van der Waals surface area contributed by atoms with Crippen molar-refractivity contribution < 1.29 is 27.8 Å². The van der Waals surface area contributed by atoms with Gasteiger partial charge < -0.3 is 24.9 Å². The molecule has 4 N–H and O–H groups in total. The van der Waals surface area contributed by atoms with Gasteiger partial charge in [-0.2, -0.15) is 0 Å². The molecule has 0 amide bonds. The summed E-state index contributed by atoms with van der Waals surface area (Å²) in [5.74, 6) is 0.665. The number of anilines is 3. The second-order valence-corrected chi connectivity index (χ2v) is 8.92. The number of carboxylic acid groups (broad SMARTS) is 1. The molecule has 33 heavy (non-hydrogen) atoms. The number of ether oxygens (including phenoxy) is 2. The van der Waals surface area contributed by atoms with Gasteiger partial charge in [-0.05, 0) is 54.6 Å². The Morgan fingerprint density at radius 1 is 0.939 bits per heavy atom. The predicted octanol–water partition coefficient (Wildman–Crippen LogP) is 3.58. The van der Waals surface area contributed by atoms with Crippen LogP contribution in [0.1, 0.15) is 10.4 Å². The molecule has 5 rings (SSSR count). The van der Waals surface area contributed by atoms with E-state index in [0.717, 1.165) is 5.69 Å². The molecule has 0 bridgehead atoms. The first-order valence-corrected chi connectivity index (χ1v) is 11.4. The Morgan fingerprint density at radius 3 is 2.42 bits per heavy atom. The first-order chi connectivity index (χ1) is 15.9. The van der Waals surface area contributed by atoms with Crippen LogP contribution in [0.15, 0.2) is 65.6 Å². The van der Waals surface area contributed by atoms with E-state index in [1.807, 2.05) is 6.07 Å². The Labute approximate surface area is 188 Å². The van der Waals surface area contributed by atoms with Crippen LogP contribution < -0.4 is 19.5 Å². The van der Waals surface area contributed by atoms with Crippen molar-refractivity contribution >= 4 is 44.3 Å². The molecule has 0 unspecified atom stereocenters. The molecule has 2 heterocycles. The van der Waals surface area contributed by atoms with Gasteiger partial charge in [-0.3, -0.25) is 4.72 Å². The summed E-state index contributed by atoms with van der Waals surface area (Å²) in [5.41, 5.74) is 2.16. The number of hydrogen-bond donors (Lipinski definition) is 4. The van der Waals surface area contributed by atoms with Gasteiger partial charge in [0.1, 0.15) is 13.2 Å². The maximum absolute atomic E-state index is 12.8. The van der Waals surface area contributed by atoms with E-state index < -0.39 is 16.0 Å². The fourth-order valence-electron chi connectivity index (χ4n) is 3.37. The summed E-state index contributed by atoms with van der Waals surface area (Å²) in [4.78, 5) is 18.5. The lowest BCUT2D eigenvalue weighted by atomic mass is 10.2. The van der Waals surface area contributed by atoms with Gasteiger partial charge in [-0.1, -0.05) is 0 Å². The smallest absolute Gasteiger partial charge is 0.335 e. The molecule has 1 aliphatic heterocycles. The number of aromatic amines is 1. The number of rotatable bonds is 6. The number of benzene rings is 3. The molecule has 10 nitrogen and oxygen atoms in total. The van der Waals surface area contributed by atoms with Crippen molar-refractivity contribution in [2.24, 2.45) is 0 Å². The summed E-state index contributed by atoms with van der Waals surface area (Å²) >= 11 is 0. The van der Waals surface area contributed by atoms with Crippen LogP contribution >= 0.6 is 0 Å². The van der Waals surface area contributed by atoms with Crippen molar-refractivity contribution in [1.82, 2.24) is 9.97 Å². The van der Waals surface area contributed by atoms with Crippen LogP contribution in [0.2, 0.25) is 0 Å². The summed E-state index contributed by atoms with van der Waals surface area (Å²) in [6.45, 7) is 0.993. The van der Waals surface area contributed by atoms with Crippen LogP contribution in [0.5, 0.6) is 11.5 Å². The van der Waals surface area contributed by atoms with E-state index in [1.165, 1.54) is 36.4 Å². The third-order valence-corrected chi connectivity index (χ3v) is 6.33. The molecular weight excluding hydrogens is 448 g/mol. The largest absolute Gasteiger partial charge is 0.486 e. The van der Waals surface area contributed by atoms with E-state index in [1.54, 1.807) is 18.2 Å². The van der Waals surface area contributed by atoms with Crippen LogP contribution in [0, 0.1) is 0 Å². The van der Waals surface area contributed by atoms with Gasteiger partial charge in [0.05, 0.1) is 21.5 Å². The van der Waals surface area contributed by atoms with Gasteiger partial charge >= 0.3 is 5.97 Å². The predicted molar refractivity (Wildman–Crippen MR) is 121 cm³/mol. The van der Waals surface area contributed by atoms with Crippen LogP contribution in [0.25, 0.3) is 11.0 Å². The number of carboxylic acids is 1. The fourth-order valence-corrected chi connectivity index (χ4v) is 4.45. The Morgan fingerprint density at radius 2 is 1.67 bits per heavy atom. The third-order valence-electron chi connectivity index (χ3n) is 4.95. The molecule has 0 spiro atoms. The zero-order chi connectivity index (χ0) is 23.0. The van der Waals surface area contributed by atoms with Crippen molar-refractivity contribution in [3.05, 3.63) is 66.2 Å². The molecule has 1 aliphatic rings. The van der Waals surface area contributed by atoms with Crippen LogP contribution in [-0.2, 0) is 10.0 Å². The van der Waals surface area contributed by atoms with Gasteiger partial charge in [0.2, 0.25) is 5.95 Å². The van der Waals surface area contributed by atoms with E-state index in [2.05, 4.69) is 20.0 Å². The highest BCUT2D eigenvalue weighted by atomic mass is 32.2. The molecule has 168 valence electrons. The van der Waals surface area contributed by atoms with Crippen molar-refractivity contribution in [3.8, 4) is 11.5 Å². The number of aromatic carboxylic acids is 1. The molecule has 0 saturated heterocycles.